The van der Waals surface area contributed by atoms with Crippen molar-refractivity contribution in [2.75, 3.05) is 13.2 Å². The molecule has 16 heavy (non-hydrogen) atoms. The Kier molecular flexibility index (Phi) is 5.22. The third-order valence-electron chi connectivity index (χ3n) is 3.58. The van der Waals surface area contributed by atoms with Crippen LogP contribution in [0.4, 0.5) is 0 Å². The van der Waals surface area contributed by atoms with Crippen LogP contribution in [-0.2, 0) is 9.53 Å². The molecule has 1 rings (SSSR count). The number of amides is 1. The van der Waals surface area contributed by atoms with E-state index < -0.39 is 5.54 Å². The molecule has 4 N–H and O–H groups in total. The lowest BCUT2D eigenvalue weighted by Gasteiger charge is -2.27. The number of unbranched alkanes of at least 4 members (excludes halogenated alkanes) is 1. The van der Waals surface area contributed by atoms with Crippen LogP contribution in [0, 0.1) is 5.92 Å². The van der Waals surface area contributed by atoms with E-state index in [1.54, 1.807) is 0 Å². The van der Waals surface area contributed by atoms with E-state index in [0.29, 0.717) is 6.61 Å². The molecule has 0 aromatic heterocycles. The van der Waals surface area contributed by atoms with Gasteiger partial charge in [0.2, 0.25) is 5.91 Å². The van der Waals surface area contributed by atoms with Crippen LogP contribution in [-0.4, -0.2) is 24.7 Å². The molecular formula is C12H24N2O2. The van der Waals surface area contributed by atoms with Crippen LogP contribution in [0.15, 0.2) is 0 Å². The molecule has 1 amide bonds. The fraction of sp³-hybridized carbons (Fsp3) is 0.917. The molecule has 1 fully saturated rings. The Hall–Kier alpha value is -0.610. The van der Waals surface area contributed by atoms with Gasteiger partial charge in [0.15, 0.2) is 0 Å². The van der Waals surface area contributed by atoms with Crippen molar-refractivity contribution in [3.63, 3.8) is 0 Å². The number of rotatable bonds is 7. The van der Waals surface area contributed by atoms with Gasteiger partial charge in [-0.3, -0.25) is 4.79 Å². The van der Waals surface area contributed by atoms with E-state index in [0.717, 1.165) is 45.1 Å². The zero-order chi connectivity index (χ0) is 12.0. The average molecular weight is 228 g/mol. The zero-order valence-corrected chi connectivity index (χ0v) is 10.2. The van der Waals surface area contributed by atoms with E-state index in [-0.39, 0.29) is 11.8 Å². The number of ether oxygens (including phenoxy) is 1. The minimum Gasteiger partial charge on any atom is -0.381 e. The predicted molar refractivity (Wildman–Crippen MR) is 63.8 cm³/mol. The molecule has 0 aromatic rings. The number of nitrogens with two attached hydrogens (primary N) is 2. The first-order chi connectivity index (χ1) is 7.61. The van der Waals surface area contributed by atoms with Crippen molar-refractivity contribution < 1.29 is 9.53 Å². The van der Waals surface area contributed by atoms with Crippen LogP contribution >= 0.6 is 0 Å². The molecule has 1 saturated carbocycles. The van der Waals surface area contributed by atoms with Crippen LogP contribution in [0.2, 0.25) is 0 Å². The molecule has 0 aliphatic heterocycles. The van der Waals surface area contributed by atoms with Gasteiger partial charge < -0.3 is 16.2 Å². The standard InChI is InChI=1S/C12H24N2O2/c1-2-3-8-16-9-6-10-5-4-7-12(10,14)11(13)15/h10H,2-9,14H2,1H3,(H2,13,15). The normalized spacial score (nSPS) is 29.5. The van der Waals surface area contributed by atoms with Crippen LogP contribution in [0.3, 0.4) is 0 Å². The molecule has 0 radical (unpaired) electrons. The van der Waals surface area contributed by atoms with Crippen molar-refractivity contribution >= 4 is 5.91 Å². The van der Waals surface area contributed by atoms with Crippen LogP contribution in [0.1, 0.15) is 45.4 Å². The summed E-state index contributed by atoms with van der Waals surface area (Å²) in [4.78, 5) is 11.3. The van der Waals surface area contributed by atoms with Gasteiger partial charge in [-0.1, -0.05) is 19.8 Å². The summed E-state index contributed by atoms with van der Waals surface area (Å²) in [5.41, 5.74) is 10.6. The van der Waals surface area contributed by atoms with Gasteiger partial charge in [0.05, 0.1) is 5.54 Å². The molecule has 94 valence electrons. The maximum absolute atomic E-state index is 11.3. The largest absolute Gasteiger partial charge is 0.381 e. The summed E-state index contributed by atoms with van der Waals surface area (Å²) >= 11 is 0. The Morgan fingerprint density at radius 3 is 2.88 bits per heavy atom. The first-order valence-electron chi connectivity index (χ1n) is 6.27. The van der Waals surface area contributed by atoms with Crippen molar-refractivity contribution in [2.24, 2.45) is 17.4 Å². The fourth-order valence-corrected chi connectivity index (χ4v) is 2.40. The van der Waals surface area contributed by atoms with Gasteiger partial charge in [0.25, 0.3) is 0 Å². The predicted octanol–water partition coefficient (Wildman–Crippen LogP) is 1.18. The van der Waals surface area contributed by atoms with E-state index in [9.17, 15) is 4.79 Å². The first kappa shape index (κ1) is 13.5. The second-order valence-electron chi connectivity index (χ2n) is 4.75. The molecule has 1 aliphatic carbocycles. The van der Waals surface area contributed by atoms with Crippen molar-refractivity contribution in [1.82, 2.24) is 0 Å². The highest BCUT2D eigenvalue weighted by atomic mass is 16.5. The maximum Gasteiger partial charge on any atom is 0.237 e. The zero-order valence-electron chi connectivity index (χ0n) is 10.2. The lowest BCUT2D eigenvalue weighted by molar-refractivity contribution is -0.124. The van der Waals surface area contributed by atoms with E-state index in [1.807, 2.05) is 0 Å². The Labute approximate surface area is 97.7 Å². The summed E-state index contributed by atoms with van der Waals surface area (Å²) in [6.07, 6.45) is 5.81. The van der Waals surface area contributed by atoms with Gasteiger partial charge in [-0.2, -0.15) is 0 Å². The van der Waals surface area contributed by atoms with Gasteiger partial charge in [0.1, 0.15) is 0 Å². The van der Waals surface area contributed by atoms with Gasteiger partial charge in [0, 0.05) is 13.2 Å². The molecular weight excluding hydrogens is 204 g/mol. The minimum absolute atomic E-state index is 0.201. The minimum atomic E-state index is -0.784. The molecule has 0 heterocycles. The third kappa shape index (κ3) is 3.19. The number of primary amides is 1. The summed E-state index contributed by atoms with van der Waals surface area (Å²) in [6.45, 7) is 3.63. The summed E-state index contributed by atoms with van der Waals surface area (Å²) in [7, 11) is 0. The van der Waals surface area contributed by atoms with Crippen molar-refractivity contribution in [1.29, 1.82) is 0 Å². The molecule has 0 aromatic carbocycles. The van der Waals surface area contributed by atoms with Gasteiger partial charge in [-0.15, -0.1) is 0 Å². The maximum atomic E-state index is 11.3. The molecule has 0 saturated heterocycles. The molecule has 2 unspecified atom stereocenters. The van der Waals surface area contributed by atoms with Crippen LogP contribution in [0.5, 0.6) is 0 Å². The van der Waals surface area contributed by atoms with Crippen molar-refractivity contribution in [3.8, 4) is 0 Å². The molecule has 0 bridgehead atoms. The van der Waals surface area contributed by atoms with E-state index >= 15 is 0 Å². The number of hydrogen-bond acceptors (Lipinski definition) is 3. The molecule has 2 atom stereocenters. The summed E-state index contributed by atoms with van der Waals surface area (Å²) < 4.78 is 5.50. The fourth-order valence-electron chi connectivity index (χ4n) is 2.40. The lowest BCUT2D eigenvalue weighted by Crippen LogP contribution is -2.54. The van der Waals surface area contributed by atoms with Crippen LogP contribution in [0.25, 0.3) is 0 Å². The van der Waals surface area contributed by atoms with E-state index in [2.05, 4.69) is 6.92 Å². The van der Waals surface area contributed by atoms with Gasteiger partial charge >= 0.3 is 0 Å². The smallest absolute Gasteiger partial charge is 0.237 e. The number of hydrogen-bond donors (Lipinski definition) is 2. The van der Waals surface area contributed by atoms with Crippen molar-refractivity contribution in [2.45, 2.75) is 51.0 Å². The van der Waals surface area contributed by atoms with E-state index in [1.165, 1.54) is 0 Å². The average Bonchev–Trinajstić information content (AvgIpc) is 2.61. The number of carbonyl (C=O) groups is 1. The molecule has 1 aliphatic rings. The molecule has 4 nitrogen and oxygen atoms in total. The summed E-state index contributed by atoms with van der Waals surface area (Å²) in [5, 5.41) is 0. The monoisotopic (exact) mass is 228 g/mol. The SMILES string of the molecule is CCCCOCCC1CCCC1(N)C(N)=O. The summed E-state index contributed by atoms with van der Waals surface area (Å²) in [6, 6.07) is 0. The molecule has 0 spiro atoms. The first-order valence-corrected chi connectivity index (χ1v) is 6.27. The second kappa shape index (κ2) is 6.21. The van der Waals surface area contributed by atoms with Gasteiger partial charge in [-0.05, 0) is 31.6 Å². The highest BCUT2D eigenvalue weighted by Crippen LogP contribution is 2.35. The third-order valence-corrected chi connectivity index (χ3v) is 3.58. The quantitative estimate of drug-likeness (QED) is 0.642. The highest BCUT2D eigenvalue weighted by molar-refractivity contribution is 5.85. The summed E-state index contributed by atoms with van der Waals surface area (Å²) in [5.74, 6) is -0.157. The Balaban J connectivity index is 2.28. The Morgan fingerprint density at radius 1 is 1.50 bits per heavy atom. The Morgan fingerprint density at radius 2 is 2.25 bits per heavy atom. The topological polar surface area (TPSA) is 78.3 Å². The van der Waals surface area contributed by atoms with Crippen LogP contribution < -0.4 is 11.5 Å². The Bertz CT molecular complexity index is 233. The van der Waals surface area contributed by atoms with Crippen molar-refractivity contribution in [3.05, 3.63) is 0 Å². The highest BCUT2D eigenvalue weighted by Gasteiger charge is 2.43. The lowest BCUT2D eigenvalue weighted by atomic mass is 9.85. The van der Waals surface area contributed by atoms with Gasteiger partial charge in [-0.25, -0.2) is 0 Å². The number of carbonyl (C=O) groups excluding carboxylic acids is 1. The van der Waals surface area contributed by atoms with E-state index in [4.69, 9.17) is 16.2 Å². The second-order valence-corrected chi connectivity index (χ2v) is 4.75. The molecule has 4 heteroatoms.